The van der Waals surface area contributed by atoms with Gasteiger partial charge in [0.1, 0.15) is 15.8 Å². The van der Waals surface area contributed by atoms with Crippen molar-refractivity contribution in [1.29, 1.82) is 0 Å². The molecule has 0 saturated carbocycles. The molecule has 0 N–H and O–H groups in total. The number of nitrogens with zero attached hydrogens (tertiary/aromatic N) is 1. The van der Waals surface area contributed by atoms with Crippen LogP contribution in [0.5, 0.6) is 5.75 Å². The fourth-order valence-electron chi connectivity index (χ4n) is 1.48. The van der Waals surface area contributed by atoms with E-state index in [1.165, 1.54) is 18.7 Å². The highest BCUT2D eigenvalue weighted by atomic mass is 79.9. The number of thioether (sulfide) groups is 2. The van der Waals surface area contributed by atoms with Crippen LogP contribution in [0.25, 0.3) is 6.08 Å². The van der Waals surface area contributed by atoms with Crippen molar-refractivity contribution in [2.24, 2.45) is 4.99 Å². The van der Waals surface area contributed by atoms with Crippen LogP contribution in [0.2, 0.25) is 0 Å². The van der Waals surface area contributed by atoms with Crippen LogP contribution in [0.4, 0.5) is 0 Å². The van der Waals surface area contributed by atoms with Crippen LogP contribution >= 0.6 is 39.5 Å². The molecule has 0 aromatic heterocycles. The van der Waals surface area contributed by atoms with Gasteiger partial charge in [0, 0.05) is 6.92 Å². The molecule has 1 aliphatic heterocycles. The molecule has 0 saturated heterocycles. The van der Waals surface area contributed by atoms with Crippen molar-refractivity contribution in [1.82, 2.24) is 0 Å². The van der Waals surface area contributed by atoms with E-state index in [9.17, 15) is 9.59 Å². The van der Waals surface area contributed by atoms with Gasteiger partial charge in [-0.3, -0.25) is 9.59 Å². The largest absolute Gasteiger partial charge is 0.426 e. The molecule has 2 rings (SSSR count). The molecule has 0 amide bonds. The van der Waals surface area contributed by atoms with Crippen molar-refractivity contribution in [2.75, 3.05) is 6.26 Å². The molecule has 104 valence electrons. The van der Waals surface area contributed by atoms with Gasteiger partial charge in [-0.1, -0.05) is 6.07 Å². The van der Waals surface area contributed by atoms with Crippen molar-refractivity contribution < 1.29 is 14.3 Å². The van der Waals surface area contributed by atoms with Gasteiger partial charge in [0.25, 0.3) is 0 Å². The summed E-state index contributed by atoms with van der Waals surface area (Å²) < 4.78 is 6.41. The van der Waals surface area contributed by atoms with E-state index in [1.807, 2.05) is 6.26 Å². The molecule has 0 unspecified atom stereocenters. The maximum absolute atomic E-state index is 11.7. The van der Waals surface area contributed by atoms with Crippen molar-refractivity contribution >= 4 is 61.0 Å². The van der Waals surface area contributed by atoms with Crippen LogP contribution in [0.15, 0.2) is 33.4 Å². The second kappa shape index (κ2) is 6.60. The number of hydrogen-bond donors (Lipinski definition) is 0. The van der Waals surface area contributed by atoms with Crippen LogP contribution in [-0.2, 0) is 9.59 Å². The smallest absolute Gasteiger partial charge is 0.308 e. The molecule has 0 fully saturated rings. The Bertz CT molecular complexity index is 641. The molecule has 1 aromatic rings. The van der Waals surface area contributed by atoms with Crippen molar-refractivity contribution in [3.8, 4) is 5.75 Å². The van der Waals surface area contributed by atoms with Crippen LogP contribution in [-0.4, -0.2) is 21.7 Å². The molecular weight excluding hydrogens is 362 g/mol. The zero-order valence-corrected chi connectivity index (χ0v) is 13.9. The Kier molecular flexibility index (Phi) is 5.06. The van der Waals surface area contributed by atoms with Gasteiger partial charge in [-0.2, -0.15) is 0 Å². The van der Waals surface area contributed by atoms with Crippen molar-refractivity contribution in [2.45, 2.75) is 6.92 Å². The second-order valence-electron chi connectivity index (χ2n) is 3.78. The zero-order chi connectivity index (χ0) is 14.7. The third kappa shape index (κ3) is 3.74. The highest BCUT2D eigenvalue weighted by Crippen LogP contribution is 2.31. The molecule has 1 aliphatic rings. The summed E-state index contributed by atoms with van der Waals surface area (Å²) in [6.07, 6.45) is 3.59. The number of aliphatic imine (C=N–C) groups is 1. The van der Waals surface area contributed by atoms with Gasteiger partial charge < -0.3 is 4.74 Å². The van der Waals surface area contributed by atoms with Gasteiger partial charge in [-0.05, 0) is 57.7 Å². The maximum atomic E-state index is 11.7. The molecule has 4 nitrogen and oxygen atoms in total. The predicted octanol–water partition coefficient (Wildman–Crippen LogP) is 3.71. The van der Waals surface area contributed by atoms with E-state index in [0.717, 1.165) is 21.7 Å². The van der Waals surface area contributed by atoms with E-state index in [4.69, 9.17) is 4.74 Å². The summed E-state index contributed by atoms with van der Waals surface area (Å²) in [6.45, 7) is 1.34. The number of hydrogen-bond acceptors (Lipinski definition) is 6. The molecule has 1 aromatic carbocycles. The zero-order valence-electron chi connectivity index (χ0n) is 10.7. The molecule has 7 heteroatoms. The lowest BCUT2D eigenvalue weighted by Crippen LogP contribution is -2.01. The van der Waals surface area contributed by atoms with Crippen LogP contribution in [0.3, 0.4) is 0 Å². The van der Waals surface area contributed by atoms with Gasteiger partial charge in [-0.15, -0.1) is 11.8 Å². The first-order chi connectivity index (χ1) is 9.49. The standard InChI is InChI=1S/C13H10BrNO3S2/c1-7(16)18-11-4-3-8(5-9(11)14)6-10-12(17)20-13(15-10)19-2/h3-6H,1-2H3. The predicted molar refractivity (Wildman–Crippen MR) is 87.0 cm³/mol. The Morgan fingerprint density at radius 3 is 2.80 bits per heavy atom. The number of benzene rings is 1. The quantitative estimate of drug-likeness (QED) is 0.450. The lowest BCUT2D eigenvalue weighted by Gasteiger charge is -2.04. The summed E-state index contributed by atoms with van der Waals surface area (Å²) in [5, 5.41) is -0.0606. The molecule has 0 atom stereocenters. The highest BCUT2D eigenvalue weighted by molar-refractivity contribution is 9.10. The lowest BCUT2D eigenvalue weighted by molar-refractivity contribution is -0.131. The SMILES string of the molecule is CSC1=NC(=Cc2ccc(OC(C)=O)c(Br)c2)C(=O)S1. The lowest BCUT2D eigenvalue weighted by atomic mass is 10.2. The summed E-state index contributed by atoms with van der Waals surface area (Å²) in [5.41, 5.74) is 1.23. The summed E-state index contributed by atoms with van der Waals surface area (Å²) in [5.74, 6) is 0.0634. The van der Waals surface area contributed by atoms with Crippen molar-refractivity contribution in [3.05, 3.63) is 33.9 Å². The second-order valence-corrected chi connectivity index (χ2v) is 6.65. The molecule has 0 aliphatic carbocycles. The van der Waals surface area contributed by atoms with Gasteiger partial charge in [0.05, 0.1) is 4.47 Å². The number of rotatable bonds is 2. The maximum Gasteiger partial charge on any atom is 0.308 e. The van der Waals surface area contributed by atoms with E-state index in [0.29, 0.717) is 15.9 Å². The molecule has 0 radical (unpaired) electrons. The fraction of sp³-hybridized carbons (Fsp3) is 0.154. The Labute approximate surface area is 133 Å². The Morgan fingerprint density at radius 2 is 2.25 bits per heavy atom. The first-order valence-electron chi connectivity index (χ1n) is 5.54. The average molecular weight is 372 g/mol. The summed E-state index contributed by atoms with van der Waals surface area (Å²) in [7, 11) is 0. The molecular formula is C13H10BrNO3S2. The van der Waals surface area contributed by atoms with Gasteiger partial charge >= 0.3 is 5.97 Å². The Hall–Kier alpha value is -1.05. The van der Waals surface area contributed by atoms with Crippen LogP contribution in [0, 0.1) is 0 Å². The van der Waals surface area contributed by atoms with Crippen LogP contribution in [0.1, 0.15) is 12.5 Å². The molecule has 20 heavy (non-hydrogen) atoms. The van der Waals surface area contributed by atoms with E-state index in [1.54, 1.807) is 24.3 Å². The number of esters is 1. The number of halogens is 1. The third-order valence-corrected chi connectivity index (χ3v) is 4.76. The Balaban J connectivity index is 2.27. The first-order valence-corrected chi connectivity index (χ1v) is 8.37. The monoisotopic (exact) mass is 371 g/mol. The van der Waals surface area contributed by atoms with Gasteiger partial charge in [0.15, 0.2) is 0 Å². The van der Waals surface area contributed by atoms with E-state index in [-0.39, 0.29) is 11.1 Å². The highest BCUT2D eigenvalue weighted by Gasteiger charge is 2.21. The summed E-state index contributed by atoms with van der Waals surface area (Å²) in [4.78, 5) is 26.9. The Morgan fingerprint density at radius 1 is 1.50 bits per heavy atom. The average Bonchev–Trinajstić information content (AvgIpc) is 2.73. The van der Waals surface area contributed by atoms with E-state index >= 15 is 0 Å². The van der Waals surface area contributed by atoms with Crippen LogP contribution < -0.4 is 4.74 Å². The minimum Gasteiger partial charge on any atom is -0.426 e. The molecule has 1 heterocycles. The van der Waals surface area contributed by atoms with Crippen molar-refractivity contribution in [3.63, 3.8) is 0 Å². The van der Waals surface area contributed by atoms with E-state index < -0.39 is 0 Å². The van der Waals surface area contributed by atoms with Gasteiger partial charge in [-0.25, -0.2) is 4.99 Å². The molecule has 0 spiro atoms. The number of carbonyl (C=O) groups is 2. The third-order valence-electron chi connectivity index (χ3n) is 2.29. The first kappa shape index (κ1) is 15.3. The van der Waals surface area contributed by atoms with E-state index in [2.05, 4.69) is 20.9 Å². The minimum absolute atomic E-state index is 0.0606. The number of carbonyl (C=O) groups excluding carboxylic acids is 2. The fourth-order valence-corrected chi connectivity index (χ4v) is 3.22. The summed E-state index contributed by atoms with van der Waals surface area (Å²) in [6, 6.07) is 5.21. The van der Waals surface area contributed by atoms with Gasteiger partial charge in [0.2, 0.25) is 5.12 Å². The molecule has 0 bridgehead atoms. The normalized spacial score (nSPS) is 16.4. The summed E-state index contributed by atoms with van der Waals surface area (Å²) >= 11 is 5.91. The number of ether oxygens (including phenoxy) is 1. The minimum atomic E-state index is -0.381. The topological polar surface area (TPSA) is 55.7 Å².